The summed E-state index contributed by atoms with van der Waals surface area (Å²) < 4.78 is 0. The van der Waals surface area contributed by atoms with Crippen LogP contribution in [0, 0.1) is 0 Å². The zero-order chi connectivity index (χ0) is 21.0. The van der Waals surface area contributed by atoms with Crippen LogP contribution in [0.5, 0.6) is 0 Å². The summed E-state index contributed by atoms with van der Waals surface area (Å²) in [6.45, 7) is 4.54. The zero-order valence-corrected chi connectivity index (χ0v) is 16.9. The number of carbonyl (C=O) groups excluding carboxylic acids is 4. The third kappa shape index (κ3) is 4.93. The standard InChI is InChI=1S/C21H28N4O4/c1-14(22-15(2)26)20(28)25-11-6-9-18(25)19(27)23-17-10-12-24(21(17)29)13-16-7-4-3-5-8-16/h3-5,7-8,14,17-18H,6,9-13H2,1-2H3,(H,22,26)(H,23,27). The van der Waals surface area contributed by atoms with Gasteiger partial charge in [-0.2, -0.15) is 0 Å². The van der Waals surface area contributed by atoms with Crippen LogP contribution in [0.25, 0.3) is 0 Å². The van der Waals surface area contributed by atoms with Crippen molar-refractivity contribution in [1.29, 1.82) is 0 Å². The average molecular weight is 400 g/mol. The fourth-order valence-corrected chi connectivity index (χ4v) is 4.02. The summed E-state index contributed by atoms with van der Waals surface area (Å²) in [5.74, 6) is -0.960. The molecule has 0 saturated carbocycles. The van der Waals surface area contributed by atoms with Gasteiger partial charge in [-0.05, 0) is 31.7 Å². The second kappa shape index (κ2) is 9.07. The first-order chi connectivity index (χ1) is 13.9. The van der Waals surface area contributed by atoms with Crippen molar-refractivity contribution in [1.82, 2.24) is 20.4 Å². The largest absolute Gasteiger partial charge is 0.345 e. The van der Waals surface area contributed by atoms with E-state index in [9.17, 15) is 19.2 Å². The Morgan fingerprint density at radius 1 is 1.14 bits per heavy atom. The molecule has 2 fully saturated rings. The summed E-state index contributed by atoms with van der Waals surface area (Å²) >= 11 is 0. The van der Waals surface area contributed by atoms with E-state index in [0.29, 0.717) is 32.5 Å². The molecule has 156 valence electrons. The molecule has 29 heavy (non-hydrogen) atoms. The van der Waals surface area contributed by atoms with Crippen molar-refractivity contribution >= 4 is 23.6 Å². The Bertz CT molecular complexity index is 782. The summed E-state index contributed by atoms with van der Waals surface area (Å²) in [6, 6.07) is 7.89. The Balaban J connectivity index is 1.57. The van der Waals surface area contributed by atoms with Crippen molar-refractivity contribution < 1.29 is 19.2 Å². The predicted octanol–water partition coefficient (Wildman–Crippen LogP) is 0.419. The van der Waals surface area contributed by atoms with E-state index in [2.05, 4.69) is 10.6 Å². The van der Waals surface area contributed by atoms with Crippen molar-refractivity contribution in [2.24, 2.45) is 0 Å². The third-order valence-electron chi connectivity index (χ3n) is 5.46. The van der Waals surface area contributed by atoms with Gasteiger partial charge < -0.3 is 20.4 Å². The van der Waals surface area contributed by atoms with Crippen molar-refractivity contribution in [3.8, 4) is 0 Å². The second-order valence-corrected chi connectivity index (χ2v) is 7.71. The maximum absolute atomic E-state index is 12.8. The molecule has 0 aliphatic carbocycles. The van der Waals surface area contributed by atoms with Crippen LogP contribution in [0.2, 0.25) is 0 Å². The quantitative estimate of drug-likeness (QED) is 0.723. The van der Waals surface area contributed by atoms with Gasteiger partial charge in [0.2, 0.25) is 23.6 Å². The van der Waals surface area contributed by atoms with Gasteiger partial charge in [-0.1, -0.05) is 30.3 Å². The maximum atomic E-state index is 12.8. The lowest BCUT2D eigenvalue weighted by molar-refractivity contribution is -0.141. The topological polar surface area (TPSA) is 98.8 Å². The fourth-order valence-electron chi connectivity index (χ4n) is 4.02. The van der Waals surface area contributed by atoms with E-state index in [0.717, 1.165) is 12.0 Å². The monoisotopic (exact) mass is 400 g/mol. The number of likely N-dealkylation sites (tertiary alicyclic amines) is 2. The van der Waals surface area contributed by atoms with Crippen LogP contribution in [0.4, 0.5) is 0 Å². The summed E-state index contributed by atoms with van der Waals surface area (Å²) in [7, 11) is 0. The number of rotatable bonds is 6. The van der Waals surface area contributed by atoms with Crippen molar-refractivity contribution in [3.63, 3.8) is 0 Å². The molecular formula is C21H28N4O4. The molecule has 0 spiro atoms. The first-order valence-electron chi connectivity index (χ1n) is 10.1. The normalized spacial score (nSPS) is 22.5. The van der Waals surface area contributed by atoms with Gasteiger partial charge >= 0.3 is 0 Å². The predicted molar refractivity (Wildman–Crippen MR) is 106 cm³/mol. The number of benzene rings is 1. The number of amides is 4. The molecule has 0 aromatic heterocycles. The van der Waals surface area contributed by atoms with E-state index >= 15 is 0 Å². The molecule has 2 N–H and O–H groups in total. The van der Waals surface area contributed by atoms with Gasteiger partial charge in [0.05, 0.1) is 0 Å². The van der Waals surface area contributed by atoms with Crippen LogP contribution in [0.3, 0.4) is 0 Å². The van der Waals surface area contributed by atoms with Crippen LogP contribution < -0.4 is 10.6 Å². The van der Waals surface area contributed by atoms with Crippen molar-refractivity contribution in [3.05, 3.63) is 35.9 Å². The second-order valence-electron chi connectivity index (χ2n) is 7.71. The van der Waals surface area contributed by atoms with Crippen LogP contribution in [0.1, 0.15) is 38.7 Å². The lowest BCUT2D eigenvalue weighted by Gasteiger charge is -2.27. The Kier molecular flexibility index (Phi) is 6.51. The van der Waals surface area contributed by atoms with Crippen LogP contribution in [-0.2, 0) is 25.7 Å². The molecule has 8 nitrogen and oxygen atoms in total. The highest BCUT2D eigenvalue weighted by Crippen LogP contribution is 2.20. The van der Waals surface area contributed by atoms with Gasteiger partial charge in [0.15, 0.2) is 0 Å². The van der Waals surface area contributed by atoms with Gasteiger partial charge in [-0.15, -0.1) is 0 Å². The molecule has 2 heterocycles. The maximum Gasteiger partial charge on any atom is 0.245 e. The lowest BCUT2D eigenvalue weighted by atomic mass is 10.1. The minimum Gasteiger partial charge on any atom is -0.345 e. The van der Waals surface area contributed by atoms with Crippen LogP contribution in [0.15, 0.2) is 30.3 Å². The van der Waals surface area contributed by atoms with E-state index in [4.69, 9.17) is 0 Å². The molecule has 4 amide bonds. The third-order valence-corrected chi connectivity index (χ3v) is 5.46. The Hall–Kier alpha value is -2.90. The lowest BCUT2D eigenvalue weighted by Crippen LogP contribution is -2.54. The van der Waals surface area contributed by atoms with Crippen molar-refractivity contribution in [2.75, 3.05) is 13.1 Å². The molecule has 3 unspecified atom stereocenters. The number of nitrogens with one attached hydrogen (secondary N) is 2. The molecule has 2 saturated heterocycles. The van der Waals surface area contributed by atoms with Gasteiger partial charge in [-0.25, -0.2) is 0 Å². The molecular weight excluding hydrogens is 372 g/mol. The van der Waals surface area contributed by atoms with Gasteiger partial charge in [0.1, 0.15) is 18.1 Å². The molecule has 3 rings (SSSR count). The molecule has 2 aliphatic rings. The molecule has 0 bridgehead atoms. The minimum absolute atomic E-state index is 0.0929. The molecule has 2 aliphatic heterocycles. The molecule has 0 radical (unpaired) electrons. The SMILES string of the molecule is CC(=O)NC(C)C(=O)N1CCCC1C(=O)NC1CCN(Cc2ccccc2)C1=O. The van der Waals surface area contributed by atoms with Gasteiger partial charge in [0, 0.05) is 26.6 Å². The summed E-state index contributed by atoms with van der Waals surface area (Å²) in [5, 5.41) is 5.40. The Morgan fingerprint density at radius 2 is 1.86 bits per heavy atom. The Labute approximate surface area is 170 Å². The van der Waals surface area contributed by atoms with E-state index in [-0.39, 0.29) is 23.6 Å². The number of hydrogen-bond acceptors (Lipinski definition) is 4. The highest BCUT2D eigenvalue weighted by molar-refractivity contribution is 5.94. The number of nitrogens with zero attached hydrogens (tertiary/aromatic N) is 2. The highest BCUT2D eigenvalue weighted by Gasteiger charge is 2.39. The van der Waals surface area contributed by atoms with Crippen LogP contribution in [-0.4, -0.2) is 64.6 Å². The Morgan fingerprint density at radius 3 is 2.55 bits per heavy atom. The molecule has 1 aromatic rings. The first kappa shape index (κ1) is 20.8. The molecule has 1 aromatic carbocycles. The van der Waals surface area contributed by atoms with Gasteiger partial charge in [0.25, 0.3) is 0 Å². The number of hydrogen-bond donors (Lipinski definition) is 2. The molecule has 3 atom stereocenters. The minimum atomic E-state index is -0.685. The first-order valence-corrected chi connectivity index (χ1v) is 10.1. The van der Waals surface area contributed by atoms with Crippen LogP contribution >= 0.6 is 0 Å². The van der Waals surface area contributed by atoms with E-state index in [1.54, 1.807) is 11.8 Å². The van der Waals surface area contributed by atoms with Gasteiger partial charge in [-0.3, -0.25) is 19.2 Å². The number of carbonyl (C=O) groups is 4. The average Bonchev–Trinajstić information content (AvgIpc) is 3.30. The fraction of sp³-hybridized carbons (Fsp3) is 0.524. The highest BCUT2D eigenvalue weighted by atomic mass is 16.2. The smallest absolute Gasteiger partial charge is 0.245 e. The van der Waals surface area contributed by atoms with E-state index in [1.165, 1.54) is 11.8 Å². The van der Waals surface area contributed by atoms with Crippen molar-refractivity contribution in [2.45, 2.75) is 57.8 Å². The summed E-state index contributed by atoms with van der Waals surface area (Å²) in [6.07, 6.45) is 1.83. The zero-order valence-electron chi connectivity index (χ0n) is 16.9. The summed E-state index contributed by atoms with van der Waals surface area (Å²) in [5.41, 5.74) is 1.05. The van der Waals surface area contributed by atoms with E-state index in [1.807, 2.05) is 30.3 Å². The van der Waals surface area contributed by atoms with E-state index < -0.39 is 18.1 Å². The summed E-state index contributed by atoms with van der Waals surface area (Å²) in [4.78, 5) is 52.6. The molecule has 8 heteroatoms.